The van der Waals surface area contributed by atoms with Crippen LogP contribution >= 0.6 is 0 Å². The largest absolute Gasteiger partial charge is 0.354 e. The van der Waals surface area contributed by atoms with Crippen LogP contribution in [0.3, 0.4) is 0 Å². The second kappa shape index (κ2) is 6.74. The Balaban J connectivity index is 1.86. The van der Waals surface area contributed by atoms with Crippen LogP contribution < -0.4 is 10.6 Å². The van der Waals surface area contributed by atoms with Crippen LogP contribution in [0.25, 0.3) is 0 Å². The molecule has 120 valence electrons. The molecule has 2 saturated heterocycles. The van der Waals surface area contributed by atoms with Gasteiger partial charge >= 0.3 is 0 Å². The molecule has 0 aliphatic carbocycles. The Kier molecular flexibility index (Phi) is 5.21. The van der Waals surface area contributed by atoms with Gasteiger partial charge in [-0.2, -0.15) is 0 Å². The molecule has 2 fully saturated rings. The molecule has 0 aromatic rings. The number of rotatable bonds is 3. The summed E-state index contributed by atoms with van der Waals surface area (Å²) in [5, 5.41) is 5.60. The van der Waals surface area contributed by atoms with Gasteiger partial charge in [0.1, 0.15) is 6.04 Å². The van der Waals surface area contributed by atoms with E-state index >= 15 is 0 Å². The number of hydrogen-bond donors (Lipinski definition) is 2. The molecule has 0 aromatic carbocycles. The van der Waals surface area contributed by atoms with Crippen molar-refractivity contribution in [1.82, 2.24) is 14.9 Å². The summed E-state index contributed by atoms with van der Waals surface area (Å²) in [5.74, 6) is -0.460. The van der Waals surface area contributed by atoms with Crippen LogP contribution in [-0.4, -0.2) is 56.5 Å². The maximum absolute atomic E-state index is 12.2. The van der Waals surface area contributed by atoms with Gasteiger partial charge in [0.15, 0.2) is 0 Å². The number of nitrogens with zero attached hydrogens (tertiary/aromatic N) is 1. The Morgan fingerprint density at radius 2 is 1.90 bits per heavy atom. The monoisotopic (exact) mass is 317 g/mol. The van der Waals surface area contributed by atoms with Gasteiger partial charge in [0.25, 0.3) is 0 Å². The molecule has 21 heavy (non-hydrogen) atoms. The highest BCUT2D eigenvalue weighted by molar-refractivity contribution is 7.88. The number of nitrogens with one attached hydrogen (secondary N) is 2. The minimum Gasteiger partial charge on any atom is -0.354 e. The van der Waals surface area contributed by atoms with E-state index in [1.165, 1.54) is 10.6 Å². The molecule has 1 atom stereocenters. The molecule has 2 heterocycles. The van der Waals surface area contributed by atoms with Gasteiger partial charge in [0, 0.05) is 25.6 Å². The van der Waals surface area contributed by atoms with E-state index in [-0.39, 0.29) is 17.7 Å². The molecular formula is C13H23N3O4S. The second-order valence-corrected chi connectivity index (χ2v) is 7.77. The van der Waals surface area contributed by atoms with Crippen LogP contribution in [0.1, 0.15) is 32.1 Å². The first-order valence-corrected chi connectivity index (χ1v) is 9.26. The summed E-state index contributed by atoms with van der Waals surface area (Å²) in [6, 6.07) is -0.451. The summed E-state index contributed by atoms with van der Waals surface area (Å²) < 4.78 is 24.3. The van der Waals surface area contributed by atoms with Crippen LogP contribution in [0.15, 0.2) is 0 Å². The third-order valence-corrected chi connectivity index (χ3v) is 5.45. The summed E-state index contributed by atoms with van der Waals surface area (Å²) in [5.41, 5.74) is 0. The van der Waals surface area contributed by atoms with Crippen molar-refractivity contribution in [3.05, 3.63) is 0 Å². The van der Waals surface area contributed by atoms with E-state index in [4.69, 9.17) is 0 Å². The van der Waals surface area contributed by atoms with E-state index in [1.54, 1.807) is 0 Å². The zero-order valence-electron chi connectivity index (χ0n) is 12.3. The van der Waals surface area contributed by atoms with Gasteiger partial charge in [-0.05, 0) is 32.1 Å². The number of carbonyl (C=O) groups is 2. The van der Waals surface area contributed by atoms with Gasteiger partial charge in [0.05, 0.1) is 6.26 Å². The molecule has 0 aromatic heterocycles. The smallest absolute Gasteiger partial charge is 0.242 e. The van der Waals surface area contributed by atoms with Gasteiger partial charge in [-0.1, -0.05) is 0 Å². The van der Waals surface area contributed by atoms with Gasteiger partial charge in [-0.25, -0.2) is 12.7 Å². The van der Waals surface area contributed by atoms with Crippen molar-refractivity contribution >= 4 is 21.8 Å². The first-order chi connectivity index (χ1) is 9.88. The van der Waals surface area contributed by atoms with Crippen molar-refractivity contribution in [2.45, 2.75) is 38.1 Å². The summed E-state index contributed by atoms with van der Waals surface area (Å²) >= 11 is 0. The maximum atomic E-state index is 12.2. The highest BCUT2D eigenvalue weighted by atomic mass is 32.2. The molecule has 0 radical (unpaired) electrons. The highest BCUT2D eigenvalue weighted by Crippen LogP contribution is 2.19. The number of sulfonamides is 1. The molecule has 0 spiro atoms. The Morgan fingerprint density at radius 3 is 2.52 bits per heavy atom. The average Bonchev–Trinajstić information content (AvgIpc) is 2.63. The molecular weight excluding hydrogens is 294 g/mol. The van der Waals surface area contributed by atoms with Crippen LogP contribution in [0, 0.1) is 5.92 Å². The van der Waals surface area contributed by atoms with Crippen molar-refractivity contribution < 1.29 is 18.0 Å². The third-order valence-electron chi connectivity index (χ3n) is 4.15. The first kappa shape index (κ1) is 16.2. The lowest BCUT2D eigenvalue weighted by Gasteiger charge is -2.30. The van der Waals surface area contributed by atoms with Gasteiger partial charge in [0.2, 0.25) is 21.8 Å². The van der Waals surface area contributed by atoms with Crippen molar-refractivity contribution in [2.24, 2.45) is 5.92 Å². The van der Waals surface area contributed by atoms with E-state index in [1.807, 2.05) is 0 Å². The molecule has 7 nitrogen and oxygen atoms in total. The number of hydrogen-bond acceptors (Lipinski definition) is 4. The van der Waals surface area contributed by atoms with Crippen LogP contribution in [0.4, 0.5) is 0 Å². The van der Waals surface area contributed by atoms with E-state index in [0.29, 0.717) is 38.9 Å². The van der Waals surface area contributed by atoms with E-state index in [9.17, 15) is 18.0 Å². The number of piperidine rings is 1. The van der Waals surface area contributed by atoms with Crippen molar-refractivity contribution in [3.63, 3.8) is 0 Å². The molecule has 0 saturated carbocycles. The molecule has 2 N–H and O–H groups in total. The number of amides is 2. The quantitative estimate of drug-likeness (QED) is 0.729. The topological polar surface area (TPSA) is 95.6 Å². The Bertz CT molecular complexity index is 498. The van der Waals surface area contributed by atoms with Gasteiger partial charge in [-0.3, -0.25) is 9.59 Å². The van der Waals surface area contributed by atoms with Crippen LogP contribution in [0.5, 0.6) is 0 Å². The minimum absolute atomic E-state index is 0.116. The number of carbonyl (C=O) groups excluding carboxylic acids is 2. The Labute approximate surface area is 125 Å². The first-order valence-electron chi connectivity index (χ1n) is 7.41. The lowest BCUT2D eigenvalue weighted by molar-refractivity contribution is -0.131. The molecule has 2 aliphatic heterocycles. The fourth-order valence-electron chi connectivity index (χ4n) is 2.82. The molecule has 2 aliphatic rings. The fourth-order valence-corrected chi connectivity index (χ4v) is 3.69. The maximum Gasteiger partial charge on any atom is 0.242 e. The van der Waals surface area contributed by atoms with Crippen molar-refractivity contribution in [2.75, 3.05) is 25.9 Å². The van der Waals surface area contributed by atoms with Crippen LogP contribution in [0.2, 0.25) is 0 Å². The molecule has 8 heteroatoms. The standard InChI is InChI=1S/C13H23N3O4S/c1-21(19,20)16-8-5-10(6-9-16)12(17)15-11-4-2-3-7-14-13(11)18/h10-11H,2-9H2,1H3,(H,14,18)(H,15,17). The summed E-state index contributed by atoms with van der Waals surface area (Å²) in [6.07, 6.45) is 4.71. The predicted octanol–water partition coefficient (Wildman–Crippen LogP) is -0.557. The minimum atomic E-state index is -3.18. The van der Waals surface area contributed by atoms with E-state index in [0.717, 1.165) is 12.8 Å². The van der Waals surface area contributed by atoms with Crippen LogP contribution in [-0.2, 0) is 19.6 Å². The average molecular weight is 317 g/mol. The summed E-state index contributed by atoms with van der Waals surface area (Å²) in [6.45, 7) is 1.40. The lowest BCUT2D eigenvalue weighted by Crippen LogP contribution is -2.49. The SMILES string of the molecule is CS(=O)(=O)N1CCC(C(=O)NC2CCCCNC2=O)CC1. The zero-order chi connectivity index (χ0) is 15.5. The van der Waals surface area contributed by atoms with Gasteiger partial charge in [-0.15, -0.1) is 0 Å². The summed E-state index contributed by atoms with van der Waals surface area (Å²) in [4.78, 5) is 24.0. The Hall–Kier alpha value is -1.15. The third kappa shape index (κ3) is 4.41. The lowest BCUT2D eigenvalue weighted by atomic mass is 9.96. The predicted molar refractivity (Wildman–Crippen MR) is 77.9 cm³/mol. The Morgan fingerprint density at radius 1 is 1.24 bits per heavy atom. The normalized spacial score (nSPS) is 26.0. The molecule has 2 amide bonds. The van der Waals surface area contributed by atoms with Crippen molar-refractivity contribution in [1.29, 1.82) is 0 Å². The fraction of sp³-hybridized carbons (Fsp3) is 0.846. The molecule has 0 bridgehead atoms. The summed E-state index contributed by atoms with van der Waals surface area (Å²) in [7, 11) is -3.18. The van der Waals surface area contributed by atoms with E-state index < -0.39 is 16.1 Å². The zero-order valence-corrected chi connectivity index (χ0v) is 13.1. The highest BCUT2D eigenvalue weighted by Gasteiger charge is 2.31. The molecule has 1 unspecified atom stereocenters. The van der Waals surface area contributed by atoms with Crippen molar-refractivity contribution in [3.8, 4) is 0 Å². The van der Waals surface area contributed by atoms with Gasteiger partial charge < -0.3 is 10.6 Å². The second-order valence-electron chi connectivity index (χ2n) is 5.78. The van der Waals surface area contributed by atoms with E-state index in [2.05, 4.69) is 10.6 Å². The molecule has 2 rings (SSSR count).